The van der Waals surface area contributed by atoms with Gasteiger partial charge in [-0.3, -0.25) is 0 Å². The summed E-state index contributed by atoms with van der Waals surface area (Å²) < 4.78 is 0. The summed E-state index contributed by atoms with van der Waals surface area (Å²) in [5.74, 6) is 0. The lowest BCUT2D eigenvalue weighted by molar-refractivity contribution is 0.122. The molecule has 2 N–H and O–H groups in total. The largest absolute Gasteiger partial charge is 0.315 e. The molecule has 2 aliphatic heterocycles. The Bertz CT molecular complexity index is 135. The fourth-order valence-corrected chi connectivity index (χ4v) is 2.17. The van der Waals surface area contributed by atoms with Crippen molar-refractivity contribution in [2.75, 3.05) is 33.2 Å². The number of hydrogen-bond acceptors (Lipinski definition) is 3. The molecule has 64 valence electrons. The highest BCUT2D eigenvalue weighted by molar-refractivity contribution is 4.92. The van der Waals surface area contributed by atoms with E-state index in [0.717, 1.165) is 19.1 Å². The van der Waals surface area contributed by atoms with Crippen LogP contribution in [0.3, 0.4) is 0 Å². The van der Waals surface area contributed by atoms with E-state index in [-0.39, 0.29) is 0 Å². The second-order valence-electron chi connectivity index (χ2n) is 3.60. The van der Waals surface area contributed by atoms with E-state index in [1.54, 1.807) is 0 Å². The molecule has 0 aliphatic carbocycles. The van der Waals surface area contributed by atoms with Crippen molar-refractivity contribution in [3.8, 4) is 0 Å². The first-order valence-corrected chi connectivity index (χ1v) is 4.52. The Morgan fingerprint density at radius 3 is 3.09 bits per heavy atom. The highest BCUT2D eigenvalue weighted by Crippen LogP contribution is 2.13. The smallest absolute Gasteiger partial charge is 0.0349 e. The molecule has 0 saturated carbocycles. The SMILES string of the molecule is CN1CCNC2CNCCC21. The molecule has 2 rings (SSSR count). The lowest BCUT2D eigenvalue weighted by atomic mass is 9.97. The Hall–Kier alpha value is -0.120. The average molecular weight is 155 g/mol. The summed E-state index contributed by atoms with van der Waals surface area (Å²) in [5, 5.41) is 6.96. The lowest BCUT2D eigenvalue weighted by Gasteiger charge is -2.43. The van der Waals surface area contributed by atoms with Gasteiger partial charge in [0.15, 0.2) is 0 Å². The third-order valence-electron chi connectivity index (χ3n) is 2.88. The van der Waals surface area contributed by atoms with Gasteiger partial charge in [0.25, 0.3) is 0 Å². The number of nitrogens with one attached hydrogen (secondary N) is 2. The molecule has 0 amide bonds. The topological polar surface area (TPSA) is 27.3 Å². The standard InChI is InChI=1S/C8H17N3/c1-11-5-4-10-7-6-9-3-2-8(7)11/h7-10H,2-6H2,1H3. The summed E-state index contributed by atoms with van der Waals surface area (Å²) in [5.41, 5.74) is 0. The highest BCUT2D eigenvalue weighted by Gasteiger charge is 2.30. The van der Waals surface area contributed by atoms with E-state index in [4.69, 9.17) is 0 Å². The van der Waals surface area contributed by atoms with Crippen molar-refractivity contribution >= 4 is 0 Å². The first-order valence-electron chi connectivity index (χ1n) is 4.52. The van der Waals surface area contributed by atoms with Crippen molar-refractivity contribution in [1.82, 2.24) is 15.5 Å². The van der Waals surface area contributed by atoms with Crippen LogP contribution >= 0.6 is 0 Å². The van der Waals surface area contributed by atoms with Crippen molar-refractivity contribution in [3.05, 3.63) is 0 Å². The van der Waals surface area contributed by atoms with E-state index in [1.807, 2.05) is 0 Å². The number of nitrogens with zero attached hydrogens (tertiary/aromatic N) is 1. The van der Waals surface area contributed by atoms with Crippen LogP contribution in [0.25, 0.3) is 0 Å². The molecule has 2 heterocycles. The molecule has 0 bridgehead atoms. The van der Waals surface area contributed by atoms with Gasteiger partial charge in [-0.05, 0) is 20.0 Å². The van der Waals surface area contributed by atoms with Crippen molar-refractivity contribution in [1.29, 1.82) is 0 Å². The number of fused-ring (bicyclic) bond motifs is 1. The minimum Gasteiger partial charge on any atom is -0.315 e. The zero-order chi connectivity index (χ0) is 7.68. The highest BCUT2D eigenvalue weighted by atomic mass is 15.2. The molecule has 2 saturated heterocycles. The lowest BCUT2D eigenvalue weighted by Crippen LogP contribution is -2.62. The summed E-state index contributed by atoms with van der Waals surface area (Å²) in [6.07, 6.45) is 1.30. The van der Waals surface area contributed by atoms with Gasteiger partial charge in [0.1, 0.15) is 0 Å². The fourth-order valence-electron chi connectivity index (χ4n) is 2.17. The number of rotatable bonds is 0. The van der Waals surface area contributed by atoms with Gasteiger partial charge < -0.3 is 15.5 Å². The quantitative estimate of drug-likeness (QED) is 0.482. The van der Waals surface area contributed by atoms with Crippen LogP contribution in [0.4, 0.5) is 0 Å². The van der Waals surface area contributed by atoms with E-state index in [1.165, 1.54) is 19.5 Å². The average Bonchev–Trinajstić information content (AvgIpc) is 2.06. The molecule has 2 aliphatic rings. The fraction of sp³-hybridized carbons (Fsp3) is 1.00. The molecule has 2 unspecified atom stereocenters. The molecular formula is C8H17N3. The zero-order valence-electron chi connectivity index (χ0n) is 7.14. The van der Waals surface area contributed by atoms with Gasteiger partial charge in [0, 0.05) is 31.7 Å². The monoisotopic (exact) mass is 155 g/mol. The molecule has 2 fully saturated rings. The summed E-state index contributed by atoms with van der Waals surface area (Å²) in [6.45, 7) is 4.70. The number of piperazine rings is 1. The van der Waals surface area contributed by atoms with Crippen LogP contribution in [-0.4, -0.2) is 50.2 Å². The van der Waals surface area contributed by atoms with Gasteiger partial charge in [-0.1, -0.05) is 0 Å². The first-order chi connectivity index (χ1) is 5.38. The van der Waals surface area contributed by atoms with E-state index >= 15 is 0 Å². The van der Waals surface area contributed by atoms with Crippen molar-refractivity contribution in [3.63, 3.8) is 0 Å². The Labute approximate surface area is 68.1 Å². The molecule has 3 nitrogen and oxygen atoms in total. The maximum atomic E-state index is 3.55. The zero-order valence-corrected chi connectivity index (χ0v) is 7.14. The van der Waals surface area contributed by atoms with Crippen LogP contribution < -0.4 is 10.6 Å². The Balaban J connectivity index is 1.99. The molecule has 0 spiro atoms. The van der Waals surface area contributed by atoms with Gasteiger partial charge in [-0.2, -0.15) is 0 Å². The summed E-state index contributed by atoms with van der Waals surface area (Å²) in [7, 11) is 2.24. The second-order valence-corrected chi connectivity index (χ2v) is 3.60. The minimum absolute atomic E-state index is 0.697. The van der Waals surface area contributed by atoms with E-state index < -0.39 is 0 Å². The Morgan fingerprint density at radius 2 is 2.27 bits per heavy atom. The molecule has 0 aromatic heterocycles. The molecule has 2 atom stereocenters. The predicted octanol–water partition coefficient (Wildman–Crippen LogP) is -0.748. The second kappa shape index (κ2) is 3.09. The number of hydrogen-bond donors (Lipinski definition) is 2. The van der Waals surface area contributed by atoms with Gasteiger partial charge in [0.2, 0.25) is 0 Å². The predicted molar refractivity (Wildman–Crippen MR) is 45.7 cm³/mol. The van der Waals surface area contributed by atoms with Crippen LogP contribution in [-0.2, 0) is 0 Å². The van der Waals surface area contributed by atoms with Crippen LogP contribution in [0.15, 0.2) is 0 Å². The molecule has 11 heavy (non-hydrogen) atoms. The van der Waals surface area contributed by atoms with Gasteiger partial charge in [-0.25, -0.2) is 0 Å². The number of likely N-dealkylation sites (N-methyl/N-ethyl adjacent to an activating group) is 1. The maximum absolute atomic E-state index is 3.55. The van der Waals surface area contributed by atoms with Gasteiger partial charge in [-0.15, -0.1) is 0 Å². The minimum atomic E-state index is 0.697. The molecular weight excluding hydrogens is 138 g/mol. The van der Waals surface area contributed by atoms with E-state index in [0.29, 0.717) is 6.04 Å². The first kappa shape index (κ1) is 7.53. The van der Waals surface area contributed by atoms with Crippen molar-refractivity contribution in [2.24, 2.45) is 0 Å². The van der Waals surface area contributed by atoms with Crippen LogP contribution in [0.5, 0.6) is 0 Å². The van der Waals surface area contributed by atoms with Crippen LogP contribution in [0.2, 0.25) is 0 Å². The summed E-state index contributed by atoms with van der Waals surface area (Å²) in [6, 6.07) is 1.48. The van der Waals surface area contributed by atoms with Gasteiger partial charge in [0.05, 0.1) is 0 Å². The molecule has 0 aromatic carbocycles. The van der Waals surface area contributed by atoms with Crippen molar-refractivity contribution in [2.45, 2.75) is 18.5 Å². The Morgan fingerprint density at radius 1 is 1.36 bits per heavy atom. The molecule has 0 radical (unpaired) electrons. The third-order valence-corrected chi connectivity index (χ3v) is 2.88. The number of piperidine rings is 1. The summed E-state index contributed by atoms with van der Waals surface area (Å²) >= 11 is 0. The normalized spacial score (nSPS) is 40.1. The maximum Gasteiger partial charge on any atom is 0.0349 e. The molecule has 0 aromatic rings. The van der Waals surface area contributed by atoms with Crippen LogP contribution in [0.1, 0.15) is 6.42 Å². The Kier molecular flexibility index (Phi) is 2.11. The van der Waals surface area contributed by atoms with E-state index in [2.05, 4.69) is 22.6 Å². The van der Waals surface area contributed by atoms with Crippen molar-refractivity contribution < 1.29 is 0 Å². The third kappa shape index (κ3) is 1.41. The van der Waals surface area contributed by atoms with E-state index in [9.17, 15) is 0 Å². The summed E-state index contributed by atoms with van der Waals surface area (Å²) in [4.78, 5) is 2.49. The van der Waals surface area contributed by atoms with Gasteiger partial charge >= 0.3 is 0 Å². The van der Waals surface area contributed by atoms with Crippen LogP contribution in [0, 0.1) is 0 Å². The molecule has 3 heteroatoms.